The molecule has 0 radical (unpaired) electrons. The molecule has 60 valence electrons. The quantitative estimate of drug-likeness (QED) is 0.588. The Morgan fingerprint density at radius 3 is 1.91 bits per heavy atom. The third kappa shape index (κ3) is 2.12. The van der Waals surface area contributed by atoms with Crippen molar-refractivity contribution < 1.29 is 0 Å². The molecule has 0 aromatic carbocycles. The second kappa shape index (κ2) is 2.74. The molecular weight excluding hydrogens is 152 g/mol. The molecule has 0 aliphatic carbocycles. The van der Waals surface area contributed by atoms with Gasteiger partial charge in [-0.3, -0.25) is 0 Å². The van der Waals surface area contributed by atoms with Gasteiger partial charge in [-0.25, -0.2) is 9.97 Å². The van der Waals surface area contributed by atoms with Crippen LogP contribution in [-0.2, 0) is 0 Å². The molecule has 0 N–H and O–H groups in total. The standard InChI is InChI=1S/C8H14N2Si/c1-7-5-9-8(10-6-7)11(2,3)4/h5-6H,1-4H3. The van der Waals surface area contributed by atoms with Crippen LogP contribution in [0.4, 0.5) is 0 Å². The lowest BCUT2D eigenvalue weighted by atomic mass is 10.4. The first-order valence-corrected chi connectivity index (χ1v) is 7.29. The third-order valence-electron chi connectivity index (χ3n) is 1.45. The normalized spacial score (nSPS) is 11.6. The van der Waals surface area contributed by atoms with Gasteiger partial charge in [0.1, 0.15) is 13.5 Å². The van der Waals surface area contributed by atoms with Gasteiger partial charge in [-0.2, -0.15) is 0 Å². The van der Waals surface area contributed by atoms with Gasteiger partial charge >= 0.3 is 0 Å². The average Bonchev–Trinajstić information content (AvgIpc) is 1.86. The fraction of sp³-hybridized carbons (Fsp3) is 0.500. The summed E-state index contributed by atoms with van der Waals surface area (Å²) in [5, 5.41) is 0. The van der Waals surface area contributed by atoms with E-state index in [4.69, 9.17) is 0 Å². The molecule has 2 nitrogen and oxygen atoms in total. The van der Waals surface area contributed by atoms with E-state index in [-0.39, 0.29) is 0 Å². The molecule has 0 spiro atoms. The lowest BCUT2D eigenvalue weighted by Crippen LogP contribution is -2.42. The van der Waals surface area contributed by atoms with Gasteiger partial charge in [0.25, 0.3) is 0 Å². The van der Waals surface area contributed by atoms with Crippen molar-refractivity contribution in [1.29, 1.82) is 0 Å². The van der Waals surface area contributed by atoms with Crippen LogP contribution < -0.4 is 5.45 Å². The second-order valence-electron chi connectivity index (χ2n) is 3.83. The van der Waals surface area contributed by atoms with Crippen LogP contribution in [0.15, 0.2) is 12.4 Å². The summed E-state index contributed by atoms with van der Waals surface area (Å²) in [5.74, 6) is 0. The minimum Gasteiger partial charge on any atom is -0.247 e. The molecule has 0 unspecified atom stereocenters. The second-order valence-corrected chi connectivity index (χ2v) is 8.78. The Bertz CT molecular complexity index is 235. The molecule has 11 heavy (non-hydrogen) atoms. The van der Waals surface area contributed by atoms with Crippen LogP contribution in [0.2, 0.25) is 19.6 Å². The lowest BCUT2D eigenvalue weighted by molar-refractivity contribution is 1.17. The Labute approximate surface area is 68.7 Å². The molecule has 0 atom stereocenters. The lowest BCUT2D eigenvalue weighted by Gasteiger charge is -2.12. The summed E-state index contributed by atoms with van der Waals surface area (Å²) in [6, 6.07) is 0. The van der Waals surface area contributed by atoms with E-state index in [0.29, 0.717) is 0 Å². The minimum atomic E-state index is -1.28. The summed E-state index contributed by atoms with van der Waals surface area (Å²) < 4.78 is 0. The van der Waals surface area contributed by atoms with Gasteiger partial charge in [0.2, 0.25) is 0 Å². The number of hydrogen-bond acceptors (Lipinski definition) is 2. The monoisotopic (exact) mass is 166 g/mol. The third-order valence-corrected chi connectivity index (χ3v) is 3.05. The molecule has 3 heteroatoms. The van der Waals surface area contributed by atoms with Crippen molar-refractivity contribution in [2.24, 2.45) is 0 Å². The van der Waals surface area contributed by atoms with E-state index in [2.05, 4.69) is 29.6 Å². The first kappa shape index (κ1) is 8.39. The summed E-state index contributed by atoms with van der Waals surface area (Å²) >= 11 is 0. The van der Waals surface area contributed by atoms with E-state index in [1.165, 1.54) is 0 Å². The van der Waals surface area contributed by atoms with Crippen molar-refractivity contribution in [3.8, 4) is 0 Å². The Kier molecular flexibility index (Phi) is 2.09. The Morgan fingerprint density at radius 2 is 1.55 bits per heavy atom. The molecule has 0 aliphatic rings. The van der Waals surface area contributed by atoms with Crippen molar-refractivity contribution in [3.05, 3.63) is 18.0 Å². The van der Waals surface area contributed by atoms with E-state index in [1.807, 2.05) is 19.3 Å². The zero-order valence-electron chi connectivity index (χ0n) is 7.55. The van der Waals surface area contributed by atoms with Crippen LogP contribution in [-0.4, -0.2) is 18.0 Å². The van der Waals surface area contributed by atoms with Crippen LogP contribution >= 0.6 is 0 Å². The predicted molar refractivity (Wildman–Crippen MR) is 49.7 cm³/mol. The average molecular weight is 166 g/mol. The fourth-order valence-electron chi connectivity index (χ4n) is 0.780. The van der Waals surface area contributed by atoms with E-state index < -0.39 is 8.07 Å². The first-order valence-electron chi connectivity index (χ1n) is 3.79. The van der Waals surface area contributed by atoms with Crippen molar-refractivity contribution in [2.75, 3.05) is 0 Å². The molecule has 0 saturated heterocycles. The smallest absolute Gasteiger partial charge is 0.125 e. The first-order chi connectivity index (χ1) is 5.00. The fourth-order valence-corrected chi connectivity index (χ4v) is 1.68. The Morgan fingerprint density at radius 1 is 1.09 bits per heavy atom. The van der Waals surface area contributed by atoms with E-state index in [0.717, 1.165) is 11.0 Å². The zero-order valence-corrected chi connectivity index (χ0v) is 8.55. The highest BCUT2D eigenvalue weighted by Crippen LogP contribution is 1.97. The highest BCUT2D eigenvalue weighted by Gasteiger charge is 2.19. The maximum absolute atomic E-state index is 4.30. The molecule has 0 saturated carbocycles. The number of hydrogen-bond donors (Lipinski definition) is 0. The van der Waals surface area contributed by atoms with Crippen LogP contribution in [0.3, 0.4) is 0 Å². The van der Waals surface area contributed by atoms with Gasteiger partial charge in [-0.05, 0) is 12.5 Å². The molecule has 1 aromatic rings. The van der Waals surface area contributed by atoms with Gasteiger partial charge in [-0.15, -0.1) is 0 Å². The molecule has 1 heterocycles. The Balaban J connectivity index is 2.99. The predicted octanol–water partition coefficient (Wildman–Crippen LogP) is 1.33. The Hall–Kier alpha value is -0.703. The minimum absolute atomic E-state index is 1.04. The summed E-state index contributed by atoms with van der Waals surface area (Å²) in [6.45, 7) is 8.75. The van der Waals surface area contributed by atoms with Gasteiger partial charge in [0, 0.05) is 12.4 Å². The molecular formula is C8H14N2Si. The van der Waals surface area contributed by atoms with Crippen molar-refractivity contribution in [1.82, 2.24) is 9.97 Å². The van der Waals surface area contributed by atoms with Crippen LogP contribution in [0.1, 0.15) is 5.56 Å². The largest absolute Gasteiger partial charge is 0.247 e. The van der Waals surface area contributed by atoms with Crippen molar-refractivity contribution in [2.45, 2.75) is 26.6 Å². The highest BCUT2D eigenvalue weighted by atomic mass is 28.3. The zero-order chi connectivity index (χ0) is 8.48. The van der Waals surface area contributed by atoms with Crippen LogP contribution in [0.5, 0.6) is 0 Å². The summed E-state index contributed by atoms with van der Waals surface area (Å²) in [7, 11) is -1.28. The molecule has 0 bridgehead atoms. The maximum atomic E-state index is 4.30. The number of aromatic nitrogens is 2. The number of nitrogens with zero attached hydrogens (tertiary/aromatic N) is 2. The number of aryl methyl sites for hydroxylation is 1. The summed E-state index contributed by atoms with van der Waals surface area (Å²) in [6.07, 6.45) is 3.78. The summed E-state index contributed by atoms with van der Waals surface area (Å²) in [5.41, 5.74) is 2.18. The maximum Gasteiger partial charge on any atom is 0.125 e. The SMILES string of the molecule is Cc1cnc([Si](C)(C)C)nc1. The topological polar surface area (TPSA) is 25.8 Å². The van der Waals surface area contributed by atoms with Gasteiger partial charge < -0.3 is 0 Å². The van der Waals surface area contributed by atoms with E-state index >= 15 is 0 Å². The van der Waals surface area contributed by atoms with Gasteiger partial charge in [0.05, 0.1) is 0 Å². The van der Waals surface area contributed by atoms with Crippen molar-refractivity contribution >= 4 is 13.5 Å². The van der Waals surface area contributed by atoms with E-state index in [9.17, 15) is 0 Å². The van der Waals surface area contributed by atoms with Gasteiger partial charge in [0.15, 0.2) is 0 Å². The summed E-state index contributed by atoms with van der Waals surface area (Å²) in [4.78, 5) is 8.60. The molecule has 0 aliphatic heterocycles. The number of rotatable bonds is 1. The van der Waals surface area contributed by atoms with Crippen LogP contribution in [0, 0.1) is 6.92 Å². The van der Waals surface area contributed by atoms with E-state index in [1.54, 1.807) is 0 Å². The molecule has 0 fully saturated rings. The van der Waals surface area contributed by atoms with Crippen LogP contribution in [0.25, 0.3) is 0 Å². The molecule has 1 rings (SSSR count). The molecule has 0 amide bonds. The van der Waals surface area contributed by atoms with Gasteiger partial charge in [-0.1, -0.05) is 19.6 Å². The highest BCUT2D eigenvalue weighted by molar-refractivity contribution is 6.87. The van der Waals surface area contributed by atoms with Crippen molar-refractivity contribution in [3.63, 3.8) is 0 Å². The molecule has 1 aromatic heterocycles.